The maximum Gasteiger partial charge on any atom is 0.289 e. The Morgan fingerprint density at radius 2 is 2.09 bits per heavy atom. The Labute approximate surface area is 134 Å². The van der Waals surface area contributed by atoms with E-state index in [0.717, 1.165) is 32.4 Å². The smallest absolute Gasteiger partial charge is 0.289 e. The van der Waals surface area contributed by atoms with Crippen LogP contribution in [-0.2, 0) is 12.8 Å². The van der Waals surface area contributed by atoms with Crippen LogP contribution in [0.3, 0.4) is 0 Å². The van der Waals surface area contributed by atoms with Gasteiger partial charge in [-0.05, 0) is 50.7 Å². The lowest BCUT2D eigenvalue weighted by Crippen LogP contribution is -2.37. The average Bonchev–Trinajstić information content (AvgIpc) is 3.23. The van der Waals surface area contributed by atoms with Crippen molar-refractivity contribution >= 4 is 17.2 Å². The number of piperidine rings is 1. The zero-order valence-electron chi connectivity index (χ0n) is 12.6. The van der Waals surface area contributed by atoms with E-state index in [4.69, 9.17) is 9.40 Å². The second kappa shape index (κ2) is 5.88. The highest BCUT2D eigenvalue weighted by Gasteiger charge is 2.28. The van der Waals surface area contributed by atoms with Crippen LogP contribution in [-0.4, -0.2) is 28.9 Å². The van der Waals surface area contributed by atoms with E-state index in [1.165, 1.54) is 34.8 Å². The molecule has 2 aromatic heterocycles. The van der Waals surface area contributed by atoms with Crippen LogP contribution in [0.15, 0.2) is 22.8 Å². The molecule has 5 heteroatoms. The number of hydrogen-bond acceptors (Lipinski definition) is 4. The summed E-state index contributed by atoms with van der Waals surface area (Å²) in [5.41, 5.74) is 1.35. The van der Waals surface area contributed by atoms with Gasteiger partial charge in [0.25, 0.3) is 5.91 Å². The summed E-state index contributed by atoms with van der Waals surface area (Å²) in [5.74, 6) is 0.987. The summed E-state index contributed by atoms with van der Waals surface area (Å²) in [6, 6.07) is 3.50. The fourth-order valence-electron chi connectivity index (χ4n) is 3.43. The van der Waals surface area contributed by atoms with E-state index in [2.05, 4.69) is 0 Å². The van der Waals surface area contributed by atoms with E-state index in [-0.39, 0.29) is 5.91 Å². The normalized spacial score (nSPS) is 19.2. The largest absolute Gasteiger partial charge is 0.459 e. The molecule has 4 nitrogen and oxygen atoms in total. The Bertz CT molecular complexity index is 631. The Morgan fingerprint density at radius 1 is 1.27 bits per heavy atom. The van der Waals surface area contributed by atoms with Gasteiger partial charge in [0.1, 0.15) is 0 Å². The van der Waals surface area contributed by atoms with E-state index in [0.29, 0.717) is 11.7 Å². The second-order valence-electron chi connectivity index (χ2n) is 6.17. The summed E-state index contributed by atoms with van der Waals surface area (Å²) in [4.78, 5) is 20.6. The number of aromatic nitrogens is 1. The topological polar surface area (TPSA) is 46.3 Å². The van der Waals surface area contributed by atoms with Crippen LogP contribution in [0.1, 0.15) is 57.7 Å². The molecule has 0 aromatic carbocycles. The fourth-order valence-corrected chi connectivity index (χ4v) is 4.75. The number of nitrogens with zero attached hydrogens (tertiary/aromatic N) is 2. The summed E-state index contributed by atoms with van der Waals surface area (Å²) in [5, 5.41) is 1.30. The third kappa shape index (κ3) is 2.58. The van der Waals surface area contributed by atoms with Gasteiger partial charge in [-0.15, -0.1) is 11.3 Å². The Kier molecular flexibility index (Phi) is 3.74. The summed E-state index contributed by atoms with van der Waals surface area (Å²) in [6.45, 7) is 1.60. The highest BCUT2D eigenvalue weighted by molar-refractivity contribution is 7.11. The van der Waals surface area contributed by atoms with Crippen LogP contribution >= 0.6 is 11.3 Å². The zero-order chi connectivity index (χ0) is 14.9. The van der Waals surface area contributed by atoms with Crippen molar-refractivity contribution in [1.82, 2.24) is 9.88 Å². The van der Waals surface area contributed by atoms with Gasteiger partial charge in [0, 0.05) is 23.9 Å². The standard InChI is InChI=1S/C17H20N2O2S/c20-17(14-5-3-11-21-14)19-9-7-12(8-10-19)16-18-13-4-1-2-6-15(13)22-16/h3,5,11-12H,1-2,4,6-10H2. The molecular formula is C17H20N2O2S. The van der Waals surface area contributed by atoms with Crippen molar-refractivity contribution in [3.8, 4) is 0 Å². The summed E-state index contributed by atoms with van der Waals surface area (Å²) in [7, 11) is 0. The van der Waals surface area contributed by atoms with Gasteiger partial charge < -0.3 is 9.32 Å². The molecule has 2 aliphatic rings. The molecule has 0 unspecified atom stereocenters. The van der Waals surface area contributed by atoms with Gasteiger partial charge >= 0.3 is 0 Å². The molecule has 2 aromatic rings. The fraction of sp³-hybridized carbons (Fsp3) is 0.529. The first-order chi connectivity index (χ1) is 10.8. The van der Waals surface area contributed by atoms with Gasteiger partial charge in [-0.25, -0.2) is 4.98 Å². The summed E-state index contributed by atoms with van der Waals surface area (Å²) >= 11 is 1.92. The summed E-state index contributed by atoms with van der Waals surface area (Å²) < 4.78 is 5.21. The van der Waals surface area contributed by atoms with Gasteiger partial charge in [-0.3, -0.25) is 4.79 Å². The first kappa shape index (κ1) is 14.0. The van der Waals surface area contributed by atoms with Crippen molar-refractivity contribution < 1.29 is 9.21 Å². The number of carbonyl (C=O) groups is 1. The van der Waals surface area contributed by atoms with E-state index < -0.39 is 0 Å². The Hall–Kier alpha value is -1.62. The molecule has 0 bridgehead atoms. The van der Waals surface area contributed by atoms with Crippen molar-refractivity contribution in [1.29, 1.82) is 0 Å². The van der Waals surface area contributed by atoms with Crippen LogP contribution in [0, 0.1) is 0 Å². The van der Waals surface area contributed by atoms with E-state index in [9.17, 15) is 4.79 Å². The van der Waals surface area contributed by atoms with Crippen LogP contribution in [0.4, 0.5) is 0 Å². The van der Waals surface area contributed by atoms with Crippen molar-refractivity contribution in [3.05, 3.63) is 39.7 Å². The highest BCUT2D eigenvalue weighted by atomic mass is 32.1. The lowest BCUT2D eigenvalue weighted by Gasteiger charge is -2.30. The predicted octanol–water partition coefficient (Wildman–Crippen LogP) is 3.63. The molecule has 116 valence electrons. The molecule has 1 saturated heterocycles. The number of furan rings is 1. The number of carbonyl (C=O) groups excluding carboxylic acids is 1. The minimum Gasteiger partial charge on any atom is -0.459 e. The molecule has 0 saturated carbocycles. The number of hydrogen-bond donors (Lipinski definition) is 0. The third-order valence-electron chi connectivity index (χ3n) is 4.73. The molecule has 4 rings (SSSR count). The van der Waals surface area contributed by atoms with Gasteiger partial charge in [-0.2, -0.15) is 0 Å². The number of aryl methyl sites for hydroxylation is 2. The highest BCUT2D eigenvalue weighted by Crippen LogP contribution is 2.35. The van der Waals surface area contributed by atoms with Crippen molar-refractivity contribution in [3.63, 3.8) is 0 Å². The van der Waals surface area contributed by atoms with Crippen LogP contribution in [0.5, 0.6) is 0 Å². The minimum atomic E-state index is 0.0156. The number of fused-ring (bicyclic) bond motifs is 1. The lowest BCUT2D eigenvalue weighted by atomic mass is 9.97. The third-order valence-corrected chi connectivity index (χ3v) is 6.05. The molecule has 0 spiro atoms. The molecule has 0 radical (unpaired) electrons. The monoisotopic (exact) mass is 316 g/mol. The Balaban J connectivity index is 1.41. The van der Waals surface area contributed by atoms with Gasteiger partial charge in [0.05, 0.1) is 17.0 Å². The van der Waals surface area contributed by atoms with Crippen LogP contribution in [0.25, 0.3) is 0 Å². The maximum absolute atomic E-state index is 12.3. The van der Waals surface area contributed by atoms with E-state index in [1.54, 1.807) is 18.4 Å². The molecule has 1 amide bonds. The van der Waals surface area contributed by atoms with Crippen LogP contribution < -0.4 is 0 Å². The maximum atomic E-state index is 12.3. The molecule has 22 heavy (non-hydrogen) atoms. The first-order valence-corrected chi connectivity index (χ1v) is 8.94. The molecule has 1 fully saturated rings. The van der Waals surface area contributed by atoms with E-state index >= 15 is 0 Å². The molecular weight excluding hydrogens is 296 g/mol. The van der Waals surface area contributed by atoms with Crippen LogP contribution in [0.2, 0.25) is 0 Å². The lowest BCUT2D eigenvalue weighted by molar-refractivity contribution is 0.0680. The molecule has 1 aliphatic carbocycles. The van der Waals surface area contributed by atoms with E-state index in [1.807, 2.05) is 16.2 Å². The van der Waals surface area contributed by atoms with Crippen molar-refractivity contribution in [2.45, 2.75) is 44.4 Å². The van der Waals surface area contributed by atoms with Crippen molar-refractivity contribution in [2.75, 3.05) is 13.1 Å². The van der Waals surface area contributed by atoms with Gasteiger partial charge in [0.15, 0.2) is 5.76 Å². The zero-order valence-corrected chi connectivity index (χ0v) is 13.4. The quantitative estimate of drug-likeness (QED) is 0.850. The Morgan fingerprint density at radius 3 is 2.82 bits per heavy atom. The average molecular weight is 316 g/mol. The number of amides is 1. The first-order valence-electron chi connectivity index (χ1n) is 8.12. The second-order valence-corrected chi connectivity index (χ2v) is 7.29. The molecule has 1 aliphatic heterocycles. The van der Waals surface area contributed by atoms with Gasteiger partial charge in [0.2, 0.25) is 0 Å². The summed E-state index contributed by atoms with van der Waals surface area (Å²) in [6.07, 6.45) is 8.54. The number of rotatable bonds is 2. The number of thiazole rings is 1. The molecule has 0 atom stereocenters. The van der Waals surface area contributed by atoms with Gasteiger partial charge in [-0.1, -0.05) is 0 Å². The molecule has 0 N–H and O–H groups in total. The molecule has 3 heterocycles. The van der Waals surface area contributed by atoms with Crippen molar-refractivity contribution in [2.24, 2.45) is 0 Å². The number of likely N-dealkylation sites (tertiary alicyclic amines) is 1. The predicted molar refractivity (Wildman–Crippen MR) is 85.3 cm³/mol. The minimum absolute atomic E-state index is 0.0156. The SMILES string of the molecule is O=C(c1ccco1)N1CCC(c2nc3c(s2)CCCC3)CC1.